The van der Waals surface area contributed by atoms with E-state index >= 15 is 0 Å². The van der Waals surface area contributed by atoms with Crippen molar-refractivity contribution in [2.45, 2.75) is 13.0 Å². The van der Waals surface area contributed by atoms with Gasteiger partial charge in [-0.3, -0.25) is 14.4 Å². The Morgan fingerprint density at radius 1 is 1.11 bits per heavy atom. The number of hydrogen-bond donors (Lipinski definition) is 2. The summed E-state index contributed by atoms with van der Waals surface area (Å²) < 4.78 is 23.2. The van der Waals surface area contributed by atoms with Gasteiger partial charge in [-0.15, -0.1) is 0 Å². The molecular formula is C19H19FN2O5. The van der Waals surface area contributed by atoms with Crippen LogP contribution >= 0.6 is 0 Å². The van der Waals surface area contributed by atoms with E-state index in [0.717, 1.165) is 6.07 Å². The number of carbonyl (C=O) groups excluding carboxylic acids is 3. The Balaban J connectivity index is 1.84. The molecule has 0 aromatic heterocycles. The van der Waals surface area contributed by atoms with Gasteiger partial charge in [0.1, 0.15) is 18.1 Å². The highest BCUT2D eigenvalue weighted by atomic mass is 19.1. The van der Waals surface area contributed by atoms with Crippen LogP contribution < -0.4 is 15.4 Å². The third-order valence-electron chi connectivity index (χ3n) is 3.51. The highest BCUT2D eigenvalue weighted by molar-refractivity contribution is 5.99. The maximum absolute atomic E-state index is 13.1. The summed E-state index contributed by atoms with van der Waals surface area (Å²) in [5.74, 6) is -2.06. The Hall–Kier alpha value is -3.42. The zero-order chi connectivity index (χ0) is 19.8. The van der Waals surface area contributed by atoms with Crippen LogP contribution in [-0.2, 0) is 14.3 Å². The van der Waals surface area contributed by atoms with Crippen molar-refractivity contribution in [2.24, 2.45) is 0 Å². The molecule has 0 heterocycles. The molecule has 2 aromatic rings. The summed E-state index contributed by atoms with van der Waals surface area (Å²) in [4.78, 5) is 35.9. The highest BCUT2D eigenvalue weighted by Gasteiger charge is 2.19. The van der Waals surface area contributed by atoms with Gasteiger partial charge in [0.05, 0.1) is 12.7 Å². The van der Waals surface area contributed by atoms with Gasteiger partial charge in [0.25, 0.3) is 11.8 Å². The van der Waals surface area contributed by atoms with Gasteiger partial charge < -0.3 is 20.1 Å². The molecule has 2 amide bonds. The first-order chi connectivity index (χ1) is 12.9. The van der Waals surface area contributed by atoms with Crippen molar-refractivity contribution in [3.8, 4) is 5.75 Å². The van der Waals surface area contributed by atoms with Crippen molar-refractivity contribution in [3.05, 3.63) is 59.9 Å². The van der Waals surface area contributed by atoms with Crippen LogP contribution in [0.3, 0.4) is 0 Å². The quantitative estimate of drug-likeness (QED) is 0.724. The first-order valence-electron chi connectivity index (χ1n) is 8.08. The third-order valence-corrected chi connectivity index (χ3v) is 3.51. The van der Waals surface area contributed by atoms with E-state index in [1.165, 1.54) is 32.2 Å². The number of methoxy groups -OCH3 is 1. The van der Waals surface area contributed by atoms with Gasteiger partial charge >= 0.3 is 5.97 Å². The second-order valence-electron chi connectivity index (χ2n) is 5.51. The van der Waals surface area contributed by atoms with Crippen LogP contribution in [0.15, 0.2) is 48.5 Å². The summed E-state index contributed by atoms with van der Waals surface area (Å²) in [6.45, 7) is 0.947. The van der Waals surface area contributed by atoms with Crippen molar-refractivity contribution < 1.29 is 28.2 Å². The van der Waals surface area contributed by atoms with E-state index in [1.807, 2.05) is 0 Å². The monoisotopic (exact) mass is 374 g/mol. The van der Waals surface area contributed by atoms with Gasteiger partial charge in [-0.2, -0.15) is 0 Å². The summed E-state index contributed by atoms with van der Waals surface area (Å²) in [7, 11) is 1.43. The van der Waals surface area contributed by atoms with Gasteiger partial charge in [-0.05, 0) is 37.3 Å². The number of carbonyl (C=O) groups is 3. The van der Waals surface area contributed by atoms with Crippen LogP contribution in [0.2, 0.25) is 0 Å². The first kappa shape index (κ1) is 19.9. The number of esters is 1. The smallest absolute Gasteiger partial charge is 0.326 e. The molecule has 7 nitrogen and oxygen atoms in total. The Morgan fingerprint density at radius 3 is 2.56 bits per heavy atom. The molecule has 0 fully saturated rings. The van der Waals surface area contributed by atoms with Gasteiger partial charge in [0.2, 0.25) is 0 Å². The number of ether oxygens (including phenoxy) is 2. The fraction of sp³-hybridized carbons (Fsp3) is 0.211. The molecule has 0 spiro atoms. The molecule has 142 valence electrons. The molecule has 0 aliphatic rings. The summed E-state index contributed by atoms with van der Waals surface area (Å²) >= 11 is 0. The molecule has 27 heavy (non-hydrogen) atoms. The van der Waals surface area contributed by atoms with Crippen molar-refractivity contribution in [1.82, 2.24) is 5.32 Å². The van der Waals surface area contributed by atoms with Crippen LogP contribution in [0, 0.1) is 5.82 Å². The van der Waals surface area contributed by atoms with Gasteiger partial charge in [0.15, 0.2) is 6.10 Å². The molecule has 0 aliphatic heterocycles. The fourth-order valence-electron chi connectivity index (χ4n) is 2.18. The molecular weight excluding hydrogens is 355 g/mol. The van der Waals surface area contributed by atoms with Crippen LogP contribution in [0.5, 0.6) is 5.75 Å². The summed E-state index contributed by atoms with van der Waals surface area (Å²) in [5, 5.41) is 4.83. The molecule has 0 unspecified atom stereocenters. The summed E-state index contributed by atoms with van der Waals surface area (Å²) in [6, 6.07) is 11.9. The number of halogens is 1. The summed E-state index contributed by atoms with van der Waals surface area (Å²) in [5.41, 5.74) is 0.511. The molecule has 8 heteroatoms. The number of anilines is 1. The molecule has 2 aromatic carbocycles. The number of amides is 2. The molecule has 0 saturated heterocycles. The van der Waals surface area contributed by atoms with Crippen LogP contribution in [0.4, 0.5) is 10.1 Å². The van der Waals surface area contributed by atoms with E-state index < -0.39 is 36.2 Å². The van der Waals surface area contributed by atoms with Crippen molar-refractivity contribution in [1.29, 1.82) is 0 Å². The SMILES string of the molecule is COc1ccccc1C(=O)NCC(=O)O[C@H](C)C(=O)Nc1cccc(F)c1. The fourth-order valence-corrected chi connectivity index (χ4v) is 2.18. The predicted octanol–water partition coefficient (Wildman–Crippen LogP) is 2.13. The van der Waals surface area contributed by atoms with E-state index in [9.17, 15) is 18.8 Å². The Kier molecular flexibility index (Phi) is 6.87. The standard InChI is InChI=1S/C19H19FN2O5/c1-12(18(24)22-14-7-5-6-13(20)10-14)27-17(23)11-21-19(25)15-8-3-4-9-16(15)26-2/h3-10,12H,11H2,1-2H3,(H,21,25)(H,22,24)/t12-/m1/s1. The Morgan fingerprint density at radius 2 is 1.85 bits per heavy atom. The number of nitrogens with one attached hydrogen (secondary N) is 2. The molecule has 0 bridgehead atoms. The maximum atomic E-state index is 13.1. The second kappa shape index (κ2) is 9.33. The lowest BCUT2D eigenvalue weighted by atomic mass is 10.2. The van der Waals surface area contributed by atoms with Crippen molar-refractivity contribution in [2.75, 3.05) is 19.0 Å². The minimum Gasteiger partial charge on any atom is -0.496 e. The average Bonchev–Trinajstić information content (AvgIpc) is 2.66. The predicted molar refractivity (Wildman–Crippen MR) is 95.9 cm³/mol. The molecule has 2 N–H and O–H groups in total. The zero-order valence-electron chi connectivity index (χ0n) is 14.8. The molecule has 0 radical (unpaired) electrons. The molecule has 0 aliphatic carbocycles. The minimum absolute atomic E-state index is 0.243. The van der Waals surface area contributed by atoms with Crippen LogP contribution in [0.1, 0.15) is 17.3 Å². The topological polar surface area (TPSA) is 93.7 Å². The average molecular weight is 374 g/mol. The van der Waals surface area contributed by atoms with Crippen LogP contribution in [-0.4, -0.2) is 37.5 Å². The van der Waals surface area contributed by atoms with Crippen molar-refractivity contribution in [3.63, 3.8) is 0 Å². The van der Waals surface area contributed by atoms with Crippen LogP contribution in [0.25, 0.3) is 0 Å². The number of benzene rings is 2. The van der Waals surface area contributed by atoms with E-state index in [-0.39, 0.29) is 11.3 Å². The van der Waals surface area contributed by atoms with E-state index in [2.05, 4.69) is 10.6 Å². The minimum atomic E-state index is -1.12. The normalized spacial score (nSPS) is 11.2. The van der Waals surface area contributed by atoms with Crippen molar-refractivity contribution >= 4 is 23.5 Å². The first-order valence-corrected chi connectivity index (χ1v) is 8.08. The van der Waals surface area contributed by atoms with E-state index in [1.54, 1.807) is 24.3 Å². The molecule has 0 saturated carbocycles. The maximum Gasteiger partial charge on any atom is 0.326 e. The van der Waals surface area contributed by atoms with Gasteiger partial charge in [0, 0.05) is 5.69 Å². The van der Waals surface area contributed by atoms with E-state index in [4.69, 9.17) is 9.47 Å². The zero-order valence-corrected chi connectivity index (χ0v) is 14.8. The van der Waals surface area contributed by atoms with Gasteiger partial charge in [-0.25, -0.2) is 4.39 Å². The lowest BCUT2D eigenvalue weighted by Gasteiger charge is -2.14. The third kappa shape index (κ3) is 5.81. The molecule has 2 rings (SSSR count). The number of rotatable bonds is 7. The van der Waals surface area contributed by atoms with E-state index in [0.29, 0.717) is 5.75 Å². The Bertz CT molecular complexity index is 840. The lowest BCUT2D eigenvalue weighted by Crippen LogP contribution is -2.36. The Labute approximate surface area is 155 Å². The summed E-state index contributed by atoms with van der Waals surface area (Å²) in [6.07, 6.45) is -1.12. The number of para-hydroxylation sites is 1. The second-order valence-corrected chi connectivity index (χ2v) is 5.51. The lowest BCUT2D eigenvalue weighted by molar-refractivity contribution is -0.152. The molecule has 1 atom stereocenters. The van der Waals surface area contributed by atoms with Gasteiger partial charge in [-0.1, -0.05) is 18.2 Å². The largest absolute Gasteiger partial charge is 0.496 e. The number of hydrogen-bond acceptors (Lipinski definition) is 5. The highest BCUT2D eigenvalue weighted by Crippen LogP contribution is 2.16.